The number of unbranched alkanes of at least 4 members (excludes halogenated alkanes) is 5. The Kier molecular flexibility index (Phi) is 7.78. The molecule has 1 atom stereocenters. The molecule has 0 aliphatic rings. The standard InChI is InChI=1S/C18H31N/c1-4-6-8-11-15-18(3,14-10-7-5-2)17-13-9-12-16-19-17/h9,12-13,16H,4-8,10-11,14-15H2,1-3H3. The smallest absolute Gasteiger partial charge is 0.0462 e. The molecular weight excluding hydrogens is 230 g/mol. The van der Waals surface area contributed by atoms with Crippen LogP contribution in [-0.4, -0.2) is 4.98 Å². The Labute approximate surface area is 119 Å². The fourth-order valence-electron chi connectivity index (χ4n) is 2.81. The Bertz CT molecular complexity index is 320. The highest BCUT2D eigenvalue weighted by Crippen LogP contribution is 2.34. The zero-order valence-corrected chi connectivity index (χ0v) is 13.1. The van der Waals surface area contributed by atoms with Gasteiger partial charge in [0, 0.05) is 17.3 Å². The van der Waals surface area contributed by atoms with Crippen LogP contribution in [0, 0.1) is 0 Å². The summed E-state index contributed by atoms with van der Waals surface area (Å²) in [6, 6.07) is 6.37. The summed E-state index contributed by atoms with van der Waals surface area (Å²) in [6.07, 6.45) is 13.9. The van der Waals surface area contributed by atoms with Crippen LogP contribution in [0.5, 0.6) is 0 Å². The van der Waals surface area contributed by atoms with Gasteiger partial charge >= 0.3 is 0 Å². The molecule has 0 spiro atoms. The van der Waals surface area contributed by atoms with E-state index in [0.29, 0.717) is 0 Å². The molecule has 108 valence electrons. The van der Waals surface area contributed by atoms with E-state index < -0.39 is 0 Å². The molecule has 1 unspecified atom stereocenters. The van der Waals surface area contributed by atoms with Crippen molar-refractivity contribution in [3.63, 3.8) is 0 Å². The first kappa shape index (κ1) is 16.2. The molecule has 1 nitrogen and oxygen atoms in total. The zero-order chi connectivity index (χ0) is 14.0. The Hall–Kier alpha value is -0.850. The molecule has 0 radical (unpaired) electrons. The first-order chi connectivity index (χ1) is 9.23. The summed E-state index contributed by atoms with van der Waals surface area (Å²) < 4.78 is 0. The quantitative estimate of drug-likeness (QED) is 0.478. The van der Waals surface area contributed by atoms with Crippen molar-refractivity contribution in [3.05, 3.63) is 30.1 Å². The fourth-order valence-corrected chi connectivity index (χ4v) is 2.81. The summed E-state index contributed by atoms with van der Waals surface area (Å²) in [5.74, 6) is 0. The van der Waals surface area contributed by atoms with E-state index in [1.165, 1.54) is 63.5 Å². The Balaban J connectivity index is 2.61. The summed E-state index contributed by atoms with van der Waals surface area (Å²) in [7, 11) is 0. The maximum Gasteiger partial charge on any atom is 0.0462 e. The monoisotopic (exact) mass is 261 g/mol. The van der Waals surface area contributed by atoms with Crippen LogP contribution in [0.15, 0.2) is 24.4 Å². The van der Waals surface area contributed by atoms with E-state index in [0.717, 1.165) is 0 Å². The molecule has 0 aliphatic heterocycles. The summed E-state index contributed by atoms with van der Waals surface area (Å²) in [5.41, 5.74) is 1.58. The molecule has 0 saturated heterocycles. The van der Waals surface area contributed by atoms with Crippen LogP contribution >= 0.6 is 0 Å². The lowest BCUT2D eigenvalue weighted by atomic mass is 9.77. The van der Waals surface area contributed by atoms with Crippen molar-refractivity contribution in [3.8, 4) is 0 Å². The van der Waals surface area contributed by atoms with Gasteiger partial charge in [-0.25, -0.2) is 0 Å². The predicted molar refractivity (Wildman–Crippen MR) is 84.5 cm³/mol. The number of nitrogens with zero attached hydrogens (tertiary/aromatic N) is 1. The molecule has 0 aliphatic carbocycles. The van der Waals surface area contributed by atoms with Gasteiger partial charge < -0.3 is 0 Å². The van der Waals surface area contributed by atoms with Crippen LogP contribution in [0.25, 0.3) is 0 Å². The topological polar surface area (TPSA) is 12.9 Å². The average Bonchev–Trinajstić information content (AvgIpc) is 2.45. The minimum atomic E-state index is 0.282. The van der Waals surface area contributed by atoms with Gasteiger partial charge in [-0.05, 0) is 25.0 Å². The fraction of sp³-hybridized carbons (Fsp3) is 0.722. The molecule has 0 bridgehead atoms. The van der Waals surface area contributed by atoms with E-state index in [2.05, 4.69) is 37.9 Å². The Morgan fingerprint density at radius 3 is 2.11 bits per heavy atom. The summed E-state index contributed by atoms with van der Waals surface area (Å²) in [6.45, 7) is 6.97. The zero-order valence-electron chi connectivity index (χ0n) is 13.1. The molecule has 1 aromatic rings. The van der Waals surface area contributed by atoms with Crippen molar-refractivity contribution in [1.82, 2.24) is 4.98 Å². The van der Waals surface area contributed by atoms with E-state index in [-0.39, 0.29) is 5.41 Å². The predicted octanol–water partition coefficient (Wildman–Crippen LogP) is 5.89. The van der Waals surface area contributed by atoms with E-state index in [9.17, 15) is 0 Å². The molecule has 0 amide bonds. The van der Waals surface area contributed by atoms with Gasteiger partial charge in [0.2, 0.25) is 0 Å². The molecule has 0 N–H and O–H groups in total. The minimum absolute atomic E-state index is 0.282. The lowest BCUT2D eigenvalue weighted by molar-refractivity contribution is 0.357. The highest BCUT2D eigenvalue weighted by molar-refractivity contribution is 5.15. The van der Waals surface area contributed by atoms with Crippen LogP contribution in [0.1, 0.15) is 84.3 Å². The second-order valence-electron chi connectivity index (χ2n) is 6.04. The summed E-state index contributed by atoms with van der Waals surface area (Å²) in [5, 5.41) is 0. The van der Waals surface area contributed by atoms with Crippen LogP contribution in [0.3, 0.4) is 0 Å². The SMILES string of the molecule is CCCCCCC(C)(CCCCC)c1ccccn1. The molecule has 19 heavy (non-hydrogen) atoms. The first-order valence-corrected chi connectivity index (χ1v) is 8.14. The highest BCUT2D eigenvalue weighted by atomic mass is 14.7. The van der Waals surface area contributed by atoms with E-state index in [4.69, 9.17) is 0 Å². The van der Waals surface area contributed by atoms with Gasteiger partial charge in [-0.15, -0.1) is 0 Å². The average molecular weight is 261 g/mol. The molecule has 0 saturated carbocycles. The lowest BCUT2D eigenvalue weighted by Gasteiger charge is -2.29. The number of hydrogen-bond donors (Lipinski definition) is 0. The second-order valence-corrected chi connectivity index (χ2v) is 6.04. The van der Waals surface area contributed by atoms with Gasteiger partial charge in [0.05, 0.1) is 0 Å². The van der Waals surface area contributed by atoms with Gasteiger partial charge in [0.25, 0.3) is 0 Å². The largest absolute Gasteiger partial charge is 0.261 e. The van der Waals surface area contributed by atoms with E-state index in [1.54, 1.807) is 0 Å². The summed E-state index contributed by atoms with van der Waals surface area (Å²) >= 11 is 0. The summed E-state index contributed by atoms with van der Waals surface area (Å²) in [4.78, 5) is 4.63. The maximum atomic E-state index is 4.63. The molecule has 1 heteroatoms. The van der Waals surface area contributed by atoms with Crippen molar-refractivity contribution < 1.29 is 0 Å². The maximum absolute atomic E-state index is 4.63. The lowest BCUT2D eigenvalue weighted by Crippen LogP contribution is -2.23. The normalized spacial score (nSPS) is 14.3. The molecule has 1 aromatic heterocycles. The minimum Gasteiger partial charge on any atom is -0.261 e. The number of hydrogen-bond acceptors (Lipinski definition) is 1. The van der Waals surface area contributed by atoms with Crippen molar-refractivity contribution in [2.75, 3.05) is 0 Å². The number of aromatic nitrogens is 1. The third-order valence-electron chi connectivity index (χ3n) is 4.20. The van der Waals surface area contributed by atoms with Crippen LogP contribution < -0.4 is 0 Å². The van der Waals surface area contributed by atoms with Crippen LogP contribution in [-0.2, 0) is 5.41 Å². The van der Waals surface area contributed by atoms with Crippen molar-refractivity contribution in [2.45, 2.75) is 84.0 Å². The van der Waals surface area contributed by atoms with E-state index >= 15 is 0 Å². The van der Waals surface area contributed by atoms with Gasteiger partial charge in [0.15, 0.2) is 0 Å². The number of pyridine rings is 1. The van der Waals surface area contributed by atoms with Crippen molar-refractivity contribution in [2.24, 2.45) is 0 Å². The van der Waals surface area contributed by atoms with Crippen molar-refractivity contribution in [1.29, 1.82) is 0 Å². The van der Waals surface area contributed by atoms with Crippen molar-refractivity contribution >= 4 is 0 Å². The highest BCUT2D eigenvalue weighted by Gasteiger charge is 2.26. The van der Waals surface area contributed by atoms with Gasteiger partial charge in [-0.2, -0.15) is 0 Å². The molecule has 0 aromatic carbocycles. The van der Waals surface area contributed by atoms with Gasteiger partial charge in [0.1, 0.15) is 0 Å². The second kappa shape index (κ2) is 9.12. The molecule has 1 rings (SSSR count). The van der Waals surface area contributed by atoms with Gasteiger partial charge in [-0.1, -0.05) is 71.8 Å². The van der Waals surface area contributed by atoms with Crippen LogP contribution in [0.4, 0.5) is 0 Å². The van der Waals surface area contributed by atoms with Gasteiger partial charge in [-0.3, -0.25) is 4.98 Å². The molecule has 1 heterocycles. The Morgan fingerprint density at radius 1 is 0.895 bits per heavy atom. The molecular formula is C18H31N. The third-order valence-corrected chi connectivity index (χ3v) is 4.20. The third kappa shape index (κ3) is 5.76. The number of rotatable bonds is 10. The Morgan fingerprint density at radius 2 is 1.53 bits per heavy atom. The first-order valence-electron chi connectivity index (χ1n) is 8.14. The van der Waals surface area contributed by atoms with Crippen LogP contribution in [0.2, 0.25) is 0 Å². The molecule has 0 fully saturated rings. The van der Waals surface area contributed by atoms with E-state index in [1.807, 2.05) is 12.3 Å².